The summed E-state index contributed by atoms with van der Waals surface area (Å²) < 4.78 is 9.04. The monoisotopic (exact) mass is 521 g/mol. The van der Waals surface area contributed by atoms with E-state index in [-0.39, 0.29) is 17.8 Å². The summed E-state index contributed by atoms with van der Waals surface area (Å²) in [4.78, 5) is 21.8. The maximum absolute atomic E-state index is 13.5. The van der Waals surface area contributed by atoms with Gasteiger partial charge in [0.25, 0.3) is 5.56 Å². The summed E-state index contributed by atoms with van der Waals surface area (Å²) in [5.41, 5.74) is 2.80. The zero-order chi connectivity index (χ0) is 25.5. The van der Waals surface area contributed by atoms with Crippen LogP contribution >= 0.6 is 11.3 Å². The number of rotatable bonds is 10. The lowest BCUT2D eigenvalue weighted by molar-refractivity contribution is 0.0655. The highest BCUT2D eigenvalue weighted by atomic mass is 32.1. The van der Waals surface area contributed by atoms with Crippen molar-refractivity contribution in [1.82, 2.24) is 14.5 Å². The minimum atomic E-state index is -0.297. The molecule has 6 nitrogen and oxygen atoms in total. The molecule has 4 atom stereocenters. The van der Waals surface area contributed by atoms with Gasteiger partial charge < -0.3 is 14.7 Å². The van der Waals surface area contributed by atoms with Crippen molar-refractivity contribution in [3.63, 3.8) is 0 Å². The van der Waals surface area contributed by atoms with Gasteiger partial charge in [0, 0.05) is 17.0 Å². The molecule has 1 N–H and O–H groups in total. The molecule has 2 aliphatic heterocycles. The van der Waals surface area contributed by atoms with Crippen LogP contribution < -0.4 is 10.3 Å². The summed E-state index contributed by atoms with van der Waals surface area (Å²) in [6.07, 6.45) is 13.5. The highest BCUT2D eigenvalue weighted by molar-refractivity contribution is 7.18. The largest absolute Gasteiger partial charge is 0.490 e. The van der Waals surface area contributed by atoms with Crippen LogP contribution in [-0.2, 0) is 12.8 Å². The number of nitrogens with zero attached hydrogens (tertiary/aromatic N) is 3. The summed E-state index contributed by atoms with van der Waals surface area (Å²) in [5.74, 6) is 1.83. The molecular weight excluding hydrogens is 482 g/mol. The highest BCUT2D eigenvalue weighted by Gasteiger charge is 2.39. The molecule has 2 saturated heterocycles. The third kappa shape index (κ3) is 5.36. The molecule has 0 spiro atoms. The first-order valence-corrected chi connectivity index (χ1v) is 15.0. The molecule has 198 valence electrons. The van der Waals surface area contributed by atoms with Crippen LogP contribution in [0.5, 0.6) is 5.75 Å². The zero-order valence-electron chi connectivity index (χ0n) is 22.1. The third-order valence-electron chi connectivity index (χ3n) is 8.87. The molecule has 6 rings (SSSR count). The number of aliphatic hydroxyl groups excluding tert-OH is 1. The Bertz CT molecular complexity index is 1300. The van der Waals surface area contributed by atoms with Crippen LogP contribution in [-0.4, -0.2) is 50.9 Å². The van der Waals surface area contributed by atoms with E-state index in [0.29, 0.717) is 23.2 Å². The molecule has 2 bridgehead atoms. The van der Waals surface area contributed by atoms with E-state index in [1.54, 1.807) is 10.9 Å². The summed E-state index contributed by atoms with van der Waals surface area (Å²) in [6, 6.07) is 9.55. The Hall–Kier alpha value is -2.22. The number of aryl methyl sites for hydroxylation is 2. The van der Waals surface area contributed by atoms with Crippen LogP contribution in [0.2, 0.25) is 0 Å². The van der Waals surface area contributed by atoms with Gasteiger partial charge in [-0.05, 0) is 101 Å². The van der Waals surface area contributed by atoms with Crippen LogP contribution in [0.1, 0.15) is 75.2 Å². The number of hydrogen-bond donors (Lipinski definition) is 1. The van der Waals surface area contributed by atoms with Crippen LogP contribution in [0.25, 0.3) is 15.9 Å². The van der Waals surface area contributed by atoms with Gasteiger partial charge in [0.1, 0.15) is 22.9 Å². The normalized spacial score (nSPS) is 24.6. The number of aliphatic hydroxyl groups is 1. The molecular formula is C30H39N3O3S. The quantitative estimate of drug-likeness (QED) is 0.382. The smallest absolute Gasteiger partial charge is 0.275 e. The fourth-order valence-electron chi connectivity index (χ4n) is 6.21. The second-order valence-electron chi connectivity index (χ2n) is 11.5. The van der Waals surface area contributed by atoms with Crippen LogP contribution in [0.4, 0.5) is 0 Å². The maximum atomic E-state index is 13.5. The Morgan fingerprint density at radius 2 is 1.92 bits per heavy atom. The number of aromatic nitrogens is 2. The number of fused-ring (bicyclic) bond motifs is 3. The number of hydrogen-bond acceptors (Lipinski definition) is 6. The van der Waals surface area contributed by atoms with Gasteiger partial charge in [-0.2, -0.15) is 0 Å². The van der Waals surface area contributed by atoms with Gasteiger partial charge in [-0.25, -0.2) is 4.98 Å². The molecule has 4 heterocycles. The number of benzene rings is 1. The Labute approximate surface area is 223 Å². The Morgan fingerprint density at radius 3 is 2.65 bits per heavy atom. The van der Waals surface area contributed by atoms with Gasteiger partial charge in [0.05, 0.1) is 17.3 Å². The number of piperidine rings is 1. The van der Waals surface area contributed by atoms with E-state index in [4.69, 9.17) is 4.74 Å². The van der Waals surface area contributed by atoms with E-state index in [2.05, 4.69) is 29.1 Å². The molecule has 2 unspecified atom stereocenters. The fraction of sp³-hybridized carbons (Fsp3) is 0.600. The first-order chi connectivity index (χ1) is 18.0. The molecule has 0 radical (unpaired) electrons. The van der Waals surface area contributed by atoms with Crippen molar-refractivity contribution in [2.75, 3.05) is 7.05 Å². The van der Waals surface area contributed by atoms with Crippen molar-refractivity contribution in [3.8, 4) is 11.4 Å². The molecule has 3 fully saturated rings. The minimum absolute atomic E-state index is 0.0222. The summed E-state index contributed by atoms with van der Waals surface area (Å²) >= 11 is 1.51. The molecule has 37 heavy (non-hydrogen) atoms. The predicted octanol–water partition coefficient (Wildman–Crippen LogP) is 5.50. The van der Waals surface area contributed by atoms with Gasteiger partial charge in [-0.1, -0.05) is 19.8 Å². The molecule has 3 aromatic rings. The summed E-state index contributed by atoms with van der Waals surface area (Å²) in [6.45, 7) is 1.99. The summed E-state index contributed by atoms with van der Waals surface area (Å²) in [5, 5.41) is 9.93. The first-order valence-electron chi connectivity index (χ1n) is 14.2. The van der Waals surface area contributed by atoms with Crippen molar-refractivity contribution in [2.45, 2.75) is 102 Å². The van der Waals surface area contributed by atoms with Crippen molar-refractivity contribution >= 4 is 21.6 Å². The van der Waals surface area contributed by atoms with Gasteiger partial charge in [0.2, 0.25) is 0 Å². The lowest BCUT2D eigenvalue weighted by atomic mass is 10.00. The average molecular weight is 522 g/mol. The maximum Gasteiger partial charge on any atom is 0.275 e. The minimum Gasteiger partial charge on any atom is -0.490 e. The SMILES string of the molecule is CCC(O)CCc1cc2ncn(-c3ccc(OC4C[C@H]5CC[C@@H](C4)N5C)c(CCC4CC4)c3)c(=O)c2s1. The van der Waals surface area contributed by atoms with Crippen LogP contribution in [0.3, 0.4) is 0 Å². The molecule has 1 saturated carbocycles. The van der Waals surface area contributed by atoms with Gasteiger partial charge >= 0.3 is 0 Å². The molecule has 3 aliphatic rings. The molecule has 1 aromatic carbocycles. The zero-order valence-corrected chi connectivity index (χ0v) is 22.9. The van der Waals surface area contributed by atoms with Crippen LogP contribution in [0.15, 0.2) is 35.4 Å². The first kappa shape index (κ1) is 25.1. The fourth-order valence-corrected chi connectivity index (χ4v) is 7.27. The van der Waals surface area contributed by atoms with Gasteiger partial charge in [-0.3, -0.25) is 9.36 Å². The Kier molecular flexibility index (Phi) is 7.12. The Morgan fingerprint density at radius 1 is 1.14 bits per heavy atom. The van der Waals surface area contributed by atoms with E-state index < -0.39 is 0 Å². The lowest BCUT2D eigenvalue weighted by Gasteiger charge is -2.36. The lowest BCUT2D eigenvalue weighted by Crippen LogP contribution is -2.43. The molecule has 1 aliphatic carbocycles. The van der Waals surface area contributed by atoms with E-state index in [1.807, 2.05) is 19.1 Å². The molecule has 7 heteroatoms. The third-order valence-corrected chi connectivity index (χ3v) is 10.0. The molecule has 0 amide bonds. The van der Waals surface area contributed by atoms with E-state index in [9.17, 15) is 9.90 Å². The number of thiophene rings is 1. The highest BCUT2D eigenvalue weighted by Crippen LogP contribution is 2.38. The van der Waals surface area contributed by atoms with Crippen molar-refractivity contribution < 1.29 is 9.84 Å². The second kappa shape index (κ2) is 10.5. The summed E-state index contributed by atoms with van der Waals surface area (Å²) in [7, 11) is 2.27. The predicted molar refractivity (Wildman–Crippen MR) is 149 cm³/mol. The van der Waals surface area contributed by atoms with Crippen molar-refractivity contribution in [1.29, 1.82) is 0 Å². The standard InChI is InChI=1S/C30H39N3O3S/c1-3-24(34)11-12-26-17-27-29(37-26)30(35)33(18-31-27)23-10-13-28(20(14-23)7-6-19-4-5-19)36-25-15-21-8-9-22(16-25)32(21)2/h10,13-14,17-19,21-22,24-25,34H,3-9,11-12,15-16H2,1-2H3/t21-,22+,24?,25?. The topological polar surface area (TPSA) is 67.6 Å². The Balaban J connectivity index is 1.26. The van der Waals surface area contributed by atoms with E-state index >= 15 is 0 Å². The van der Waals surface area contributed by atoms with E-state index in [1.165, 1.54) is 49.0 Å². The van der Waals surface area contributed by atoms with Gasteiger partial charge in [0.15, 0.2) is 0 Å². The average Bonchev–Trinajstić information content (AvgIpc) is 3.60. The van der Waals surface area contributed by atoms with Crippen molar-refractivity contribution in [3.05, 3.63) is 51.4 Å². The van der Waals surface area contributed by atoms with E-state index in [0.717, 1.165) is 59.9 Å². The van der Waals surface area contributed by atoms with Crippen LogP contribution in [0, 0.1) is 5.92 Å². The second-order valence-corrected chi connectivity index (χ2v) is 12.6. The molecule has 2 aromatic heterocycles. The number of ether oxygens (including phenoxy) is 1. The van der Waals surface area contributed by atoms with Gasteiger partial charge in [-0.15, -0.1) is 11.3 Å². The van der Waals surface area contributed by atoms with Crippen molar-refractivity contribution in [2.24, 2.45) is 5.92 Å².